The van der Waals surface area contributed by atoms with Crippen LogP contribution in [0.3, 0.4) is 0 Å². The van der Waals surface area contributed by atoms with Gasteiger partial charge in [-0.3, -0.25) is 4.79 Å². The van der Waals surface area contributed by atoms with Gasteiger partial charge in [0.05, 0.1) is 18.2 Å². The van der Waals surface area contributed by atoms with Crippen LogP contribution in [-0.4, -0.2) is 30.0 Å². The highest BCUT2D eigenvalue weighted by Gasteiger charge is 2.21. The Morgan fingerprint density at radius 2 is 1.69 bits per heavy atom. The number of ketones is 1. The number of carboxylic acid groups (broad SMARTS) is 1. The molecule has 2 aromatic rings. The maximum absolute atomic E-state index is 12.9. The minimum absolute atomic E-state index is 0.0102. The molecule has 26 heavy (non-hydrogen) atoms. The first-order valence-electron chi connectivity index (χ1n) is 8.91. The van der Waals surface area contributed by atoms with E-state index >= 15 is 0 Å². The van der Waals surface area contributed by atoms with Crippen molar-refractivity contribution in [3.63, 3.8) is 0 Å². The number of carboxylic acids is 1. The third-order valence-corrected chi connectivity index (χ3v) is 4.82. The van der Waals surface area contributed by atoms with E-state index in [-0.39, 0.29) is 16.9 Å². The molecule has 2 N–H and O–H groups in total. The molecule has 0 amide bonds. The van der Waals surface area contributed by atoms with E-state index in [4.69, 9.17) is 4.74 Å². The summed E-state index contributed by atoms with van der Waals surface area (Å²) in [5.74, 6) is -1.04. The predicted octanol–water partition coefficient (Wildman–Crippen LogP) is 4.37. The molecule has 0 saturated heterocycles. The summed E-state index contributed by atoms with van der Waals surface area (Å²) in [6.45, 7) is 0. The van der Waals surface area contributed by atoms with Crippen LogP contribution in [0.15, 0.2) is 42.5 Å². The third kappa shape index (κ3) is 3.87. The average Bonchev–Trinajstić information content (AvgIpc) is 2.68. The maximum atomic E-state index is 12.9. The standard InChI is InChI=1S/C21H23NO4/c1-26-19-13-15(22-14-7-3-2-4-8-14)11-12-18(19)20(23)16-9-5-6-10-17(16)21(24)25/h5-6,9-14,22H,2-4,7-8H2,1H3,(H,24,25). The van der Waals surface area contributed by atoms with Crippen LogP contribution < -0.4 is 10.1 Å². The number of carbonyl (C=O) groups is 2. The van der Waals surface area contributed by atoms with E-state index in [0.29, 0.717) is 17.4 Å². The fourth-order valence-electron chi connectivity index (χ4n) is 3.46. The van der Waals surface area contributed by atoms with Crippen molar-refractivity contribution in [3.05, 3.63) is 59.2 Å². The van der Waals surface area contributed by atoms with Crippen molar-refractivity contribution in [1.82, 2.24) is 0 Å². The molecule has 3 rings (SSSR count). The van der Waals surface area contributed by atoms with E-state index in [1.807, 2.05) is 12.1 Å². The maximum Gasteiger partial charge on any atom is 0.336 e. The summed E-state index contributed by atoms with van der Waals surface area (Å²) in [4.78, 5) is 24.3. The molecule has 0 heterocycles. The lowest BCUT2D eigenvalue weighted by Gasteiger charge is -2.24. The zero-order valence-corrected chi connectivity index (χ0v) is 14.8. The van der Waals surface area contributed by atoms with E-state index < -0.39 is 5.97 Å². The van der Waals surface area contributed by atoms with Crippen molar-refractivity contribution in [2.75, 3.05) is 12.4 Å². The topological polar surface area (TPSA) is 75.6 Å². The van der Waals surface area contributed by atoms with Crippen LogP contribution in [0.1, 0.15) is 58.4 Å². The molecule has 0 aliphatic heterocycles. The van der Waals surface area contributed by atoms with Crippen LogP contribution in [0.25, 0.3) is 0 Å². The molecule has 0 spiro atoms. The van der Waals surface area contributed by atoms with Crippen LogP contribution >= 0.6 is 0 Å². The molecular weight excluding hydrogens is 330 g/mol. The summed E-state index contributed by atoms with van der Waals surface area (Å²) >= 11 is 0. The molecule has 2 aromatic carbocycles. The fourth-order valence-corrected chi connectivity index (χ4v) is 3.46. The number of aromatic carboxylic acids is 1. The Kier molecular flexibility index (Phi) is 5.56. The van der Waals surface area contributed by atoms with E-state index in [0.717, 1.165) is 18.5 Å². The molecule has 0 radical (unpaired) electrons. The molecule has 0 bridgehead atoms. The highest BCUT2D eigenvalue weighted by molar-refractivity contribution is 6.15. The Hall–Kier alpha value is -2.82. The summed E-state index contributed by atoms with van der Waals surface area (Å²) < 4.78 is 5.41. The lowest BCUT2D eigenvalue weighted by molar-refractivity contribution is 0.0692. The lowest BCUT2D eigenvalue weighted by atomic mass is 9.95. The second-order valence-corrected chi connectivity index (χ2v) is 6.57. The van der Waals surface area contributed by atoms with Gasteiger partial charge in [-0.25, -0.2) is 4.79 Å². The first kappa shape index (κ1) is 18.0. The average molecular weight is 353 g/mol. The van der Waals surface area contributed by atoms with E-state index in [1.54, 1.807) is 18.2 Å². The van der Waals surface area contributed by atoms with Crippen molar-refractivity contribution < 1.29 is 19.4 Å². The fraction of sp³-hybridized carbons (Fsp3) is 0.333. The van der Waals surface area contributed by atoms with Gasteiger partial charge in [0.15, 0.2) is 5.78 Å². The van der Waals surface area contributed by atoms with Gasteiger partial charge in [-0.15, -0.1) is 0 Å². The quantitative estimate of drug-likeness (QED) is 0.754. The van der Waals surface area contributed by atoms with Crippen molar-refractivity contribution in [3.8, 4) is 5.75 Å². The number of nitrogens with one attached hydrogen (secondary N) is 1. The molecule has 0 unspecified atom stereocenters. The zero-order chi connectivity index (χ0) is 18.5. The summed E-state index contributed by atoms with van der Waals surface area (Å²) in [7, 11) is 1.51. The van der Waals surface area contributed by atoms with Crippen molar-refractivity contribution in [1.29, 1.82) is 0 Å². The van der Waals surface area contributed by atoms with E-state index in [9.17, 15) is 14.7 Å². The number of hydrogen-bond donors (Lipinski definition) is 2. The van der Waals surface area contributed by atoms with Gasteiger partial charge in [-0.1, -0.05) is 37.5 Å². The SMILES string of the molecule is COc1cc(NC2CCCCC2)ccc1C(=O)c1ccccc1C(=O)O. The Morgan fingerprint density at radius 3 is 2.35 bits per heavy atom. The lowest BCUT2D eigenvalue weighted by Crippen LogP contribution is -2.22. The highest BCUT2D eigenvalue weighted by atomic mass is 16.5. The molecule has 0 atom stereocenters. The van der Waals surface area contributed by atoms with Crippen LogP contribution in [0, 0.1) is 0 Å². The summed E-state index contributed by atoms with van der Waals surface area (Å²) in [5.41, 5.74) is 1.42. The monoisotopic (exact) mass is 353 g/mol. The summed E-state index contributed by atoms with van der Waals surface area (Å²) in [6, 6.07) is 12.0. The number of ether oxygens (including phenoxy) is 1. The van der Waals surface area contributed by atoms with Crippen LogP contribution in [0.4, 0.5) is 5.69 Å². The molecule has 1 aliphatic carbocycles. The van der Waals surface area contributed by atoms with Crippen LogP contribution in [0.5, 0.6) is 5.75 Å². The normalized spacial score (nSPS) is 14.7. The molecule has 1 aliphatic rings. The Bertz CT molecular complexity index is 809. The molecule has 136 valence electrons. The first-order chi connectivity index (χ1) is 12.6. The molecule has 0 aromatic heterocycles. The van der Waals surface area contributed by atoms with Gasteiger partial charge in [0.2, 0.25) is 0 Å². The van der Waals surface area contributed by atoms with Crippen LogP contribution in [-0.2, 0) is 0 Å². The molecule has 1 fully saturated rings. The molecule has 5 nitrogen and oxygen atoms in total. The number of methoxy groups -OCH3 is 1. The van der Waals surface area contributed by atoms with Crippen molar-refractivity contribution in [2.45, 2.75) is 38.1 Å². The predicted molar refractivity (Wildman–Crippen MR) is 100 cm³/mol. The first-order valence-corrected chi connectivity index (χ1v) is 8.91. The number of benzene rings is 2. The Morgan fingerprint density at radius 1 is 1.00 bits per heavy atom. The molecule has 1 saturated carbocycles. The largest absolute Gasteiger partial charge is 0.496 e. The second-order valence-electron chi connectivity index (χ2n) is 6.57. The number of rotatable bonds is 6. The van der Waals surface area contributed by atoms with Crippen molar-refractivity contribution in [2.24, 2.45) is 0 Å². The minimum Gasteiger partial charge on any atom is -0.496 e. The van der Waals surface area contributed by atoms with Gasteiger partial charge in [0, 0.05) is 23.4 Å². The van der Waals surface area contributed by atoms with Gasteiger partial charge >= 0.3 is 5.97 Å². The molecule has 5 heteroatoms. The summed E-state index contributed by atoms with van der Waals surface area (Å²) in [5, 5.41) is 12.8. The van der Waals surface area contributed by atoms with Crippen LogP contribution in [0.2, 0.25) is 0 Å². The summed E-state index contributed by atoms with van der Waals surface area (Å²) in [6.07, 6.45) is 6.05. The van der Waals surface area contributed by atoms with Gasteiger partial charge in [-0.2, -0.15) is 0 Å². The van der Waals surface area contributed by atoms with Gasteiger partial charge in [0.1, 0.15) is 5.75 Å². The van der Waals surface area contributed by atoms with E-state index in [2.05, 4.69) is 5.32 Å². The Labute approximate surface area is 153 Å². The number of hydrogen-bond acceptors (Lipinski definition) is 4. The van der Waals surface area contributed by atoms with E-state index in [1.165, 1.54) is 38.5 Å². The third-order valence-electron chi connectivity index (χ3n) is 4.82. The minimum atomic E-state index is -1.12. The second kappa shape index (κ2) is 8.04. The van der Waals surface area contributed by atoms with Gasteiger partial charge in [-0.05, 0) is 31.0 Å². The van der Waals surface area contributed by atoms with Gasteiger partial charge in [0.25, 0.3) is 0 Å². The zero-order valence-electron chi connectivity index (χ0n) is 14.8. The highest BCUT2D eigenvalue weighted by Crippen LogP contribution is 2.29. The smallest absolute Gasteiger partial charge is 0.336 e. The molecular formula is C21H23NO4. The van der Waals surface area contributed by atoms with Crippen molar-refractivity contribution >= 4 is 17.4 Å². The number of carbonyl (C=O) groups excluding carboxylic acids is 1. The number of anilines is 1. The van der Waals surface area contributed by atoms with Gasteiger partial charge < -0.3 is 15.2 Å². The Balaban J connectivity index is 1.88.